The Kier molecular flexibility index (Phi) is 9.45. The Balaban J connectivity index is 1.89. The van der Waals surface area contributed by atoms with Crippen molar-refractivity contribution in [3.63, 3.8) is 0 Å². The maximum absolute atomic E-state index is 13.6. The van der Waals surface area contributed by atoms with E-state index in [1.165, 1.54) is 0 Å². The second kappa shape index (κ2) is 12.7. The molecule has 4 heteroatoms. The number of benzene rings is 3. The molecule has 2 amide bonds. The van der Waals surface area contributed by atoms with Gasteiger partial charge in [-0.3, -0.25) is 9.59 Å². The first-order chi connectivity index (χ1) is 16.4. The number of carbonyl (C=O) groups excluding carboxylic acids is 2. The lowest BCUT2D eigenvalue weighted by Crippen LogP contribution is -2.51. The van der Waals surface area contributed by atoms with Gasteiger partial charge in [0.25, 0.3) is 0 Å². The summed E-state index contributed by atoms with van der Waals surface area (Å²) in [6.45, 7) is 7.17. The minimum Gasteiger partial charge on any atom is -0.354 e. The summed E-state index contributed by atoms with van der Waals surface area (Å²) >= 11 is 0. The van der Waals surface area contributed by atoms with E-state index in [4.69, 9.17) is 0 Å². The molecular weight excluding hydrogens is 420 g/mol. The summed E-state index contributed by atoms with van der Waals surface area (Å²) in [6.07, 6.45) is 1.49. The first kappa shape index (κ1) is 25.2. The van der Waals surface area contributed by atoms with Crippen molar-refractivity contribution in [1.29, 1.82) is 0 Å². The van der Waals surface area contributed by atoms with Gasteiger partial charge < -0.3 is 10.2 Å². The van der Waals surface area contributed by atoms with Gasteiger partial charge in [-0.1, -0.05) is 104 Å². The molecule has 0 radical (unpaired) electrons. The fourth-order valence-corrected chi connectivity index (χ4v) is 4.02. The van der Waals surface area contributed by atoms with Crippen molar-refractivity contribution < 1.29 is 9.59 Å². The van der Waals surface area contributed by atoms with E-state index in [1.54, 1.807) is 4.90 Å². The van der Waals surface area contributed by atoms with Gasteiger partial charge in [0.05, 0.1) is 0 Å². The Morgan fingerprint density at radius 1 is 0.824 bits per heavy atom. The van der Waals surface area contributed by atoms with Gasteiger partial charge in [-0.25, -0.2) is 0 Å². The highest BCUT2D eigenvalue weighted by Gasteiger charge is 2.30. The average Bonchev–Trinajstić information content (AvgIpc) is 2.84. The number of aryl methyl sites for hydroxylation is 2. The number of carbonyl (C=O) groups is 2. The fraction of sp³-hybridized carbons (Fsp3) is 0.333. The molecule has 0 fully saturated rings. The number of rotatable bonds is 11. The highest BCUT2D eigenvalue weighted by Crippen LogP contribution is 2.18. The summed E-state index contributed by atoms with van der Waals surface area (Å²) in [6, 6.07) is 27.5. The number of hydrogen-bond donors (Lipinski definition) is 1. The summed E-state index contributed by atoms with van der Waals surface area (Å²) in [5.74, 6) is 0.226. The molecule has 1 N–H and O–H groups in total. The molecule has 0 bridgehead atoms. The molecule has 178 valence electrons. The van der Waals surface area contributed by atoms with Crippen LogP contribution in [0.1, 0.15) is 42.5 Å². The number of nitrogens with one attached hydrogen (secondary N) is 1. The molecule has 0 spiro atoms. The van der Waals surface area contributed by atoms with Crippen LogP contribution in [0.2, 0.25) is 0 Å². The van der Waals surface area contributed by atoms with Crippen molar-refractivity contribution in [2.45, 2.75) is 52.6 Å². The molecule has 0 aliphatic carbocycles. The van der Waals surface area contributed by atoms with E-state index in [0.717, 1.165) is 22.3 Å². The van der Waals surface area contributed by atoms with E-state index >= 15 is 0 Å². The molecule has 4 nitrogen and oxygen atoms in total. The second-order valence-electron chi connectivity index (χ2n) is 9.34. The minimum atomic E-state index is -0.579. The van der Waals surface area contributed by atoms with Gasteiger partial charge in [0.15, 0.2) is 0 Å². The zero-order valence-electron chi connectivity index (χ0n) is 20.5. The van der Waals surface area contributed by atoms with E-state index in [2.05, 4.69) is 25.2 Å². The van der Waals surface area contributed by atoms with Crippen LogP contribution in [0.25, 0.3) is 0 Å². The Labute approximate surface area is 204 Å². The molecule has 34 heavy (non-hydrogen) atoms. The molecule has 3 rings (SSSR count). The first-order valence-electron chi connectivity index (χ1n) is 12.1. The Hall–Kier alpha value is -3.40. The largest absolute Gasteiger partial charge is 0.354 e. The van der Waals surface area contributed by atoms with Crippen molar-refractivity contribution in [3.05, 3.63) is 107 Å². The highest BCUT2D eigenvalue weighted by molar-refractivity contribution is 5.88. The lowest BCUT2D eigenvalue weighted by Gasteiger charge is -2.32. The van der Waals surface area contributed by atoms with Crippen LogP contribution in [-0.2, 0) is 29.0 Å². The molecule has 0 saturated carbocycles. The first-order valence-corrected chi connectivity index (χ1v) is 12.1. The van der Waals surface area contributed by atoms with Crippen LogP contribution in [0.5, 0.6) is 0 Å². The van der Waals surface area contributed by atoms with Crippen LogP contribution in [0.15, 0.2) is 84.9 Å². The predicted octanol–water partition coefficient (Wildman–Crippen LogP) is 5.34. The van der Waals surface area contributed by atoms with Gasteiger partial charge in [0.2, 0.25) is 11.8 Å². The molecular formula is C30H36N2O2. The number of nitrogens with zero attached hydrogens (tertiary/aromatic N) is 1. The van der Waals surface area contributed by atoms with Gasteiger partial charge in [0, 0.05) is 25.9 Å². The number of amides is 2. The Morgan fingerprint density at radius 2 is 1.44 bits per heavy atom. The van der Waals surface area contributed by atoms with Crippen molar-refractivity contribution in [1.82, 2.24) is 10.2 Å². The fourth-order valence-electron chi connectivity index (χ4n) is 4.02. The van der Waals surface area contributed by atoms with Gasteiger partial charge in [-0.2, -0.15) is 0 Å². The second-order valence-corrected chi connectivity index (χ2v) is 9.34. The summed E-state index contributed by atoms with van der Waals surface area (Å²) < 4.78 is 0. The molecule has 1 atom stereocenters. The third-order valence-electron chi connectivity index (χ3n) is 5.86. The van der Waals surface area contributed by atoms with Crippen molar-refractivity contribution >= 4 is 11.8 Å². The normalized spacial score (nSPS) is 11.8. The summed E-state index contributed by atoms with van der Waals surface area (Å²) in [5, 5.41) is 3.08. The van der Waals surface area contributed by atoms with Crippen LogP contribution in [0.3, 0.4) is 0 Å². The predicted molar refractivity (Wildman–Crippen MR) is 138 cm³/mol. The van der Waals surface area contributed by atoms with E-state index in [0.29, 0.717) is 38.3 Å². The van der Waals surface area contributed by atoms with Crippen molar-refractivity contribution in [2.75, 3.05) is 6.54 Å². The van der Waals surface area contributed by atoms with E-state index in [9.17, 15) is 9.59 Å². The lowest BCUT2D eigenvalue weighted by molar-refractivity contribution is -0.141. The Morgan fingerprint density at radius 3 is 2.06 bits per heavy atom. The SMILES string of the molecule is Cc1cccc(CN(C(=O)CCc2ccccc2)[C@H](Cc2ccccc2)C(=O)NCC(C)C)c1. The lowest BCUT2D eigenvalue weighted by atomic mass is 10.0. The number of hydrogen-bond acceptors (Lipinski definition) is 2. The third kappa shape index (κ3) is 7.87. The zero-order valence-corrected chi connectivity index (χ0v) is 20.5. The van der Waals surface area contributed by atoms with E-state index in [1.807, 2.05) is 85.8 Å². The van der Waals surface area contributed by atoms with Crippen molar-refractivity contribution in [2.24, 2.45) is 5.92 Å². The summed E-state index contributed by atoms with van der Waals surface area (Å²) in [5.41, 5.74) is 4.33. The average molecular weight is 457 g/mol. The maximum Gasteiger partial charge on any atom is 0.243 e. The standard InChI is InChI=1S/C30H36N2O2/c1-23(2)21-31-30(34)28(20-26-14-8-5-9-15-26)32(22-27-16-10-11-24(3)19-27)29(33)18-17-25-12-6-4-7-13-25/h4-16,19,23,28H,17-18,20-22H2,1-3H3,(H,31,34)/t28-/m1/s1. The molecule has 0 heterocycles. The van der Waals surface area contributed by atoms with Crippen LogP contribution in [0, 0.1) is 12.8 Å². The zero-order chi connectivity index (χ0) is 24.3. The third-order valence-corrected chi connectivity index (χ3v) is 5.86. The molecule has 0 saturated heterocycles. The van der Waals surface area contributed by atoms with E-state index in [-0.39, 0.29) is 11.8 Å². The van der Waals surface area contributed by atoms with Crippen LogP contribution >= 0.6 is 0 Å². The monoisotopic (exact) mass is 456 g/mol. The molecule has 0 unspecified atom stereocenters. The van der Waals surface area contributed by atoms with E-state index < -0.39 is 6.04 Å². The van der Waals surface area contributed by atoms with Crippen molar-refractivity contribution in [3.8, 4) is 0 Å². The van der Waals surface area contributed by atoms with Gasteiger partial charge in [-0.15, -0.1) is 0 Å². The molecule has 0 aromatic heterocycles. The maximum atomic E-state index is 13.6. The van der Waals surface area contributed by atoms with Gasteiger partial charge >= 0.3 is 0 Å². The molecule has 0 aliphatic heterocycles. The highest BCUT2D eigenvalue weighted by atomic mass is 16.2. The molecule has 3 aromatic carbocycles. The van der Waals surface area contributed by atoms with Gasteiger partial charge in [0.1, 0.15) is 6.04 Å². The summed E-state index contributed by atoms with van der Waals surface area (Å²) in [7, 11) is 0. The quantitative estimate of drug-likeness (QED) is 0.423. The molecule has 0 aliphatic rings. The smallest absolute Gasteiger partial charge is 0.243 e. The van der Waals surface area contributed by atoms with Gasteiger partial charge in [-0.05, 0) is 36.0 Å². The Bertz CT molecular complexity index is 1050. The molecule has 3 aromatic rings. The summed E-state index contributed by atoms with van der Waals surface area (Å²) in [4.78, 5) is 28.8. The topological polar surface area (TPSA) is 49.4 Å². The van der Waals surface area contributed by atoms with Crippen LogP contribution in [-0.4, -0.2) is 29.3 Å². The minimum absolute atomic E-state index is 0.00835. The van der Waals surface area contributed by atoms with Crippen LogP contribution in [0.4, 0.5) is 0 Å². The van der Waals surface area contributed by atoms with Crippen LogP contribution < -0.4 is 5.32 Å².